The van der Waals surface area contributed by atoms with Crippen LogP contribution in [0, 0.1) is 0 Å². The lowest BCUT2D eigenvalue weighted by Crippen LogP contribution is -2.42. The average Bonchev–Trinajstić information content (AvgIpc) is 2.72. The highest BCUT2D eigenvalue weighted by Gasteiger charge is 2.09. The maximum absolute atomic E-state index is 5.72. The van der Waals surface area contributed by atoms with Crippen LogP contribution in [-0.2, 0) is 6.54 Å². The minimum atomic E-state index is 0.376. The number of ether oxygens (including phenoxy) is 2. The molecule has 6 nitrogen and oxygen atoms in total. The van der Waals surface area contributed by atoms with Gasteiger partial charge in [-0.05, 0) is 63.5 Å². The second-order valence-corrected chi connectivity index (χ2v) is 6.97. The quantitative estimate of drug-likeness (QED) is 0.396. The van der Waals surface area contributed by atoms with Gasteiger partial charge in [-0.2, -0.15) is 0 Å². The summed E-state index contributed by atoms with van der Waals surface area (Å²) in [6.07, 6.45) is 3.28. The Labute approximate surface area is 171 Å². The molecule has 1 aromatic carbocycles. The Morgan fingerprint density at radius 3 is 2.54 bits per heavy atom. The van der Waals surface area contributed by atoms with Gasteiger partial charge in [-0.1, -0.05) is 26.8 Å². The summed E-state index contributed by atoms with van der Waals surface area (Å²) in [6.45, 7) is 13.5. The number of benzene rings is 1. The molecule has 0 aromatic heterocycles. The zero-order valence-corrected chi connectivity index (χ0v) is 18.7. The molecule has 0 bridgehead atoms. The van der Waals surface area contributed by atoms with Gasteiger partial charge in [-0.3, -0.25) is 4.99 Å². The fraction of sp³-hybridized carbons (Fsp3) is 0.682. The van der Waals surface area contributed by atoms with Gasteiger partial charge in [0.2, 0.25) is 0 Å². The zero-order chi connectivity index (χ0) is 20.8. The van der Waals surface area contributed by atoms with Gasteiger partial charge in [0, 0.05) is 19.6 Å². The smallest absolute Gasteiger partial charge is 0.191 e. The molecule has 0 saturated carbocycles. The first-order valence-corrected chi connectivity index (χ1v) is 10.6. The SMILES string of the molecule is CCCOc1ccc(CNC(=NC)NC(C)CCCN(CC)CC)cc1OC. The minimum absolute atomic E-state index is 0.376. The van der Waals surface area contributed by atoms with Crippen molar-refractivity contribution < 1.29 is 9.47 Å². The Morgan fingerprint density at radius 1 is 1.18 bits per heavy atom. The van der Waals surface area contributed by atoms with Gasteiger partial charge in [0.1, 0.15) is 0 Å². The number of rotatable bonds is 13. The van der Waals surface area contributed by atoms with Crippen LogP contribution in [0.1, 0.15) is 52.5 Å². The molecule has 1 atom stereocenters. The van der Waals surface area contributed by atoms with Crippen LogP contribution in [0.15, 0.2) is 23.2 Å². The largest absolute Gasteiger partial charge is 0.493 e. The highest BCUT2D eigenvalue weighted by atomic mass is 16.5. The standard InChI is InChI=1S/C22H40N4O2/c1-7-15-28-20-13-12-19(16-21(20)27-6)17-24-22(23-5)25-18(4)11-10-14-26(8-2)9-3/h12-13,16,18H,7-11,14-15,17H2,1-6H3,(H2,23,24,25). The molecule has 0 spiro atoms. The first-order valence-electron chi connectivity index (χ1n) is 10.6. The molecule has 0 aliphatic rings. The summed E-state index contributed by atoms with van der Waals surface area (Å²) in [7, 11) is 3.48. The second-order valence-electron chi connectivity index (χ2n) is 6.97. The normalized spacial score (nSPS) is 12.8. The molecule has 0 aliphatic carbocycles. The van der Waals surface area contributed by atoms with E-state index in [1.54, 1.807) is 14.2 Å². The first-order chi connectivity index (χ1) is 13.6. The monoisotopic (exact) mass is 392 g/mol. The highest BCUT2D eigenvalue weighted by molar-refractivity contribution is 5.79. The summed E-state index contributed by atoms with van der Waals surface area (Å²) in [5.74, 6) is 2.37. The lowest BCUT2D eigenvalue weighted by molar-refractivity contribution is 0.292. The molecule has 1 rings (SSSR count). The Balaban J connectivity index is 2.48. The number of nitrogens with zero attached hydrogens (tertiary/aromatic N) is 2. The van der Waals surface area contributed by atoms with Crippen molar-refractivity contribution in [3.63, 3.8) is 0 Å². The second kappa shape index (κ2) is 14.1. The maximum Gasteiger partial charge on any atom is 0.191 e. The van der Waals surface area contributed by atoms with Crippen molar-refractivity contribution in [3.05, 3.63) is 23.8 Å². The number of aliphatic imine (C=N–C) groups is 1. The van der Waals surface area contributed by atoms with E-state index in [1.165, 1.54) is 6.42 Å². The molecule has 6 heteroatoms. The van der Waals surface area contributed by atoms with Crippen molar-refractivity contribution in [2.24, 2.45) is 4.99 Å². The summed E-state index contributed by atoms with van der Waals surface area (Å²) < 4.78 is 11.2. The van der Waals surface area contributed by atoms with E-state index in [4.69, 9.17) is 9.47 Å². The van der Waals surface area contributed by atoms with Crippen molar-refractivity contribution in [2.75, 3.05) is 40.4 Å². The van der Waals surface area contributed by atoms with Crippen molar-refractivity contribution >= 4 is 5.96 Å². The van der Waals surface area contributed by atoms with Crippen LogP contribution in [0.25, 0.3) is 0 Å². The van der Waals surface area contributed by atoms with Crippen LogP contribution in [0.3, 0.4) is 0 Å². The lowest BCUT2D eigenvalue weighted by atomic mass is 10.1. The molecule has 1 aromatic rings. The Bertz CT molecular complexity index is 574. The third-order valence-electron chi connectivity index (χ3n) is 4.76. The van der Waals surface area contributed by atoms with Gasteiger partial charge in [-0.15, -0.1) is 0 Å². The Hall–Kier alpha value is -1.95. The zero-order valence-electron chi connectivity index (χ0n) is 18.7. The van der Waals surface area contributed by atoms with Crippen LogP contribution < -0.4 is 20.1 Å². The molecule has 0 aliphatic heterocycles. The van der Waals surface area contributed by atoms with Crippen molar-refractivity contribution in [1.82, 2.24) is 15.5 Å². The molecule has 0 amide bonds. The van der Waals surface area contributed by atoms with Crippen LogP contribution in [0.2, 0.25) is 0 Å². The first kappa shape index (κ1) is 24.1. The molecular weight excluding hydrogens is 352 g/mol. The fourth-order valence-corrected chi connectivity index (χ4v) is 3.00. The number of hydrogen-bond acceptors (Lipinski definition) is 4. The minimum Gasteiger partial charge on any atom is -0.493 e. The Morgan fingerprint density at radius 2 is 1.93 bits per heavy atom. The van der Waals surface area contributed by atoms with Crippen LogP contribution >= 0.6 is 0 Å². The Kier molecular flexibility index (Phi) is 12.1. The molecule has 0 radical (unpaired) electrons. The predicted octanol–water partition coefficient (Wildman–Crippen LogP) is 3.66. The third-order valence-corrected chi connectivity index (χ3v) is 4.76. The summed E-state index contributed by atoms with van der Waals surface area (Å²) >= 11 is 0. The molecule has 0 fully saturated rings. The van der Waals surface area contributed by atoms with Gasteiger partial charge in [0.15, 0.2) is 17.5 Å². The van der Waals surface area contributed by atoms with Gasteiger partial charge >= 0.3 is 0 Å². The lowest BCUT2D eigenvalue weighted by Gasteiger charge is -2.21. The molecule has 0 saturated heterocycles. The van der Waals surface area contributed by atoms with E-state index >= 15 is 0 Å². The molecular formula is C22H40N4O2. The number of nitrogens with one attached hydrogen (secondary N) is 2. The van der Waals surface area contributed by atoms with Crippen molar-refractivity contribution in [1.29, 1.82) is 0 Å². The van der Waals surface area contributed by atoms with Crippen LogP contribution in [0.5, 0.6) is 11.5 Å². The highest BCUT2D eigenvalue weighted by Crippen LogP contribution is 2.28. The number of hydrogen-bond donors (Lipinski definition) is 2. The number of methoxy groups -OCH3 is 1. The summed E-state index contributed by atoms with van der Waals surface area (Å²) in [5.41, 5.74) is 1.12. The number of guanidine groups is 1. The fourth-order valence-electron chi connectivity index (χ4n) is 3.00. The summed E-state index contributed by atoms with van der Waals surface area (Å²) in [6, 6.07) is 6.42. The predicted molar refractivity (Wildman–Crippen MR) is 119 cm³/mol. The molecule has 160 valence electrons. The maximum atomic E-state index is 5.72. The van der Waals surface area contributed by atoms with E-state index in [-0.39, 0.29) is 0 Å². The van der Waals surface area contributed by atoms with Crippen molar-refractivity contribution in [3.8, 4) is 11.5 Å². The van der Waals surface area contributed by atoms with Gasteiger partial charge < -0.3 is 25.0 Å². The van der Waals surface area contributed by atoms with E-state index < -0.39 is 0 Å². The van der Waals surface area contributed by atoms with E-state index in [9.17, 15) is 0 Å². The van der Waals surface area contributed by atoms with Crippen LogP contribution in [0.4, 0.5) is 0 Å². The van der Waals surface area contributed by atoms with Crippen molar-refractivity contribution in [2.45, 2.75) is 59.5 Å². The molecule has 0 heterocycles. The third kappa shape index (κ3) is 8.83. The average molecular weight is 393 g/mol. The van der Waals surface area contributed by atoms with E-state index in [2.05, 4.69) is 54.3 Å². The van der Waals surface area contributed by atoms with E-state index in [0.29, 0.717) is 19.2 Å². The van der Waals surface area contributed by atoms with Gasteiger partial charge in [-0.25, -0.2) is 0 Å². The molecule has 1 unspecified atom stereocenters. The van der Waals surface area contributed by atoms with Gasteiger partial charge in [0.25, 0.3) is 0 Å². The summed E-state index contributed by atoms with van der Waals surface area (Å²) in [5, 5.41) is 6.86. The van der Waals surface area contributed by atoms with Crippen LogP contribution in [-0.4, -0.2) is 57.3 Å². The van der Waals surface area contributed by atoms with E-state index in [1.807, 2.05) is 12.1 Å². The topological polar surface area (TPSA) is 58.1 Å². The van der Waals surface area contributed by atoms with Gasteiger partial charge in [0.05, 0.1) is 13.7 Å². The van der Waals surface area contributed by atoms with E-state index in [0.717, 1.165) is 55.5 Å². The molecule has 28 heavy (non-hydrogen) atoms. The molecule has 2 N–H and O–H groups in total. The summed E-state index contributed by atoms with van der Waals surface area (Å²) in [4.78, 5) is 6.81.